The molecule has 21 heavy (non-hydrogen) atoms. The first kappa shape index (κ1) is 16.4. The van der Waals surface area contributed by atoms with Crippen molar-refractivity contribution in [2.75, 3.05) is 18.8 Å². The van der Waals surface area contributed by atoms with E-state index in [1.807, 2.05) is 18.7 Å². The zero-order valence-corrected chi connectivity index (χ0v) is 13.9. The molecule has 0 aromatic heterocycles. The quantitative estimate of drug-likeness (QED) is 0.761. The largest absolute Gasteiger partial charge is 0.354 e. The number of hydrogen-bond acceptors (Lipinski definition) is 3. The smallest absolute Gasteiger partial charge is 0.240 e. The van der Waals surface area contributed by atoms with Crippen molar-refractivity contribution in [2.24, 2.45) is 0 Å². The van der Waals surface area contributed by atoms with Crippen LogP contribution in [0, 0.1) is 6.92 Å². The van der Waals surface area contributed by atoms with Crippen molar-refractivity contribution >= 4 is 17.7 Å². The summed E-state index contributed by atoms with van der Waals surface area (Å²) in [6.07, 6.45) is 3.06. The number of amides is 1. The Balaban J connectivity index is 1.57. The molecule has 0 spiro atoms. The monoisotopic (exact) mass is 306 g/mol. The molecule has 1 fully saturated rings. The number of nitrogens with one attached hydrogen (secondary N) is 2. The van der Waals surface area contributed by atoms with Crippen molar-refractivity contribution in [3.8, 4) is 0 Å². The summed E-state index contributed by atoms with van der Waals surface area (Å²) in [5.41, 5.74) is 2.36. The molecule has 0 radical (unpaired) electrons. The molecular formula is C17H26N2OS. The zero-order chi connectivity index (χ0) is 15.1. The van der Waals surface area contributed by atoms with Gasteiger partial charge in [-0.05, 0) is 51.0 Å². The Labute approximate surface area is 132 Å². The summed E-state index contributed by atoms with van der Waals surface area (Å²) >= 11 is 1.93. The molecule has 0 aliphatic carbocycles. The maximum atomic E-state index is 12.1. The molecule has 1 saturated heterocycles. The van der Waals surface area contributed by atoms with Crippen molar-refractivity contribution in [3.05, 3.63) is 35.4 Å². The highest BCUT2D eigenvalue weighted by Gasteiger charge is 2.35. The third-order valence-electron chi connectivity index (χ3n) is 3.97. The summed E-state index contributed by atoms with van der Waals surface area (Å²) in [7, 11) is 0. The minimum Gasteiger partial charge on any atom is -0.354 e. The number of carbonyl (C=O) groups excluding carboxylic acids is 1. The van der Waals surface area contributed by atoms with Crippen LogP contribution in [0.25, 0.3) is 0 Å². The van der Waals surface area contributed by atoms with Crippen molar-refractivity contribution in [1.82, 2.24) is 10.6 Å². The molecule has 2 rings (SSSR count). The minimum atomic E-state index is -0.339. The lowest BCUT2D eigenvalue weighted by atomic mass is 9.99. The molecule has 2 N–H and O–H groups in total. The standard InChI is InChI=1S/C17H26N2OS/c1-14-6-3-7-15(12-14)13-21-11-5-9-18-16(20)17(2)8-4-10-19-17/h3,6-7,12,19H,4-5,8-11,13H2,1-2H3,(H,18,20)/t17-/m1/s1. The lowest BCUT2D eigenvalue weighted by molar-refractivity contribution is -0.126. The predicted molar refractivity (Wildman–Crippen MR) is 90.6 cm³/mol. The molecule has 1 aromatic carbocycles. The molecular weight excluding hydrogens is 280 g/mol. The van der Waals surface area contributed by atoms with E-state index in [-0.39, 0.29) is 11.4 Å². The van der Waals surface area contributed by atoms with Crippen LogP contribution in [0.3, 0.4) is 0 Å². The van der Waals surface area contributed by atoms with Gasteiger partial charge >= 0.3 is 0 Å². The van der Waals surface area contributed by atoms with Crippen LogP contribution in [0.15, 0.2) is 24.3 Å². The van der Waals surface area contributed by atoms with E-state index >= 15 is 0 Å². The van der Waals surface area contributed by atoms with E-state index < -0.39 is 0 Å². The van der Waals surface area contributed by atoms with E-state index in [0.29, 0.717) is 0 Å². The Morgan fingerprint density at radius 1 is 1.48 bits per heavy atom. The first-order valence-electron chi connectivity index (χ1n) is 7.77. The second-order valence-electron chi connectivity index (χ2n) is 6.01. The summed E-state index contributed by atoms with van der Waals surface area (Å²) in [5, 5.41) is 6.35. The number of hydrogen-bond donors (Lipinski definition) is 2. The van der Waals surface area contributed by atoms with Gasteiger partial charge in [-0.25, -0.2) is 0 Å². The second kappa shape index (κ2) is 7.85. The lowest BCUT2D eigenvalue weighted by Crippen LogP contribution is -2.51. The van der Waals surface area contributed by atoms with Gasteiger partial charge in [-0.1, -0.05) is 29.8 Å². The SMILES string of the molecule is Cc1cccc(CSCCCNC(=O)[C@@]2(C)CCCN2)c1. The summed E-state index contributed by atoms with van der Waals surface area (Å²) in [6.45, 7) is 5.86. The molecule has 1 atom stereocenters. The Kier molecular flexibility index (Phi) is 6.12. The van der Waals surface area contributed by atoms with Crippen LogP contribution in [0.1, 0.15) is 37.3 Å². The van der Waals surface area contributed by atoms with Gasteiger partial charge in [-0.15, -0.1) is 0 Å². The van der Waals surface area contributed by atoms with Crippen LogP contribution in [0.4, 0.5) is 0 Å². The van der Waals surface area contributed by atoms with Crippen LogP contribution in [-0.2, 0) is 10.5 Å². The highest BCUT2D eigenvalue weighted by molar-refractivity contribution is 7.98. The van der Waals surface area contributed by atoms with Crippen molar-refractivity contribution in [3.63, 3.8) is 0 Å². The summed E-state index contributed by atoms with van der Waals surface area (Å²) < 4.78 is 0. The zero-order valence-electron chi connectivity index (χ0n) is 13.1. The van der Waals surface area contributed by atoms with Gasteiger partial charge in [0.15, 0.2) is 0 Å². The maximum absolute atomic E-state index is 12.1. The Morgan fingerprint density at radius 2 is 2.33 bits per heavy atom. The molecule has 0 bridgehead atoms. The van der Waals surface area contributed by atoms with Crippen molar-refractivity contribution in [2.45, 2.75) is 44.4 Å². The van der Waals surface area contributed by atoms with Gasteiger partial charge in [0.25, 0.3) is 0 Å². The van der Waals surface area contributed by atoms with Gasteiger partial charge in [0.1, 0.15) is 0 Å². The maximum Gasteiger partial charge on any atom is 0.240 e. The Morgan fingerprint density at radius 3 is 3.05 bits per heavy atom. The van der Waals surface area contributed by atoms with Gasteiger partial charge in [0, 0.05) is 12.3 Å². The number of thioether (sulfide) groups is 1. The summed E-state index contributed by atoms with van der Waals surface area (Å²) in [6, 6.07) is 8.65. The van der Waals surface area contributed by atoms with E-state index in [9.17, 15) is 4.79 Å². The van der Waals surface area contributed by atoms with Crippen molar-refractivity contribution < 1.29 is 4.79 Å². The van der Waals surface area contributed by atoms with Gasteiger partial charge < -0.3 is 10.6 Å². The van der Waals surface area contributed by atoms with Gasteiger partial charge in [0.2, 0.25) is 5.91 Å². The van der Waals surface area contributed by atoms with Gasteiger partial charge in [-0.3, -0.25) is 4.79 Å². The number of rotatable bonds is 7. The molecule has 1 aliphatic rings. The van der Waals surface area contributed by atoms with Crippen LogP contribution < -0.4 is 10.6 Å². The van der Waals surface area contributed by atoms with Crippen LogP contribution in [-0.4, -0.2) is 30.3 Å². The topological polar surface area (TPSA) is 41.1 Å². The van der Waals surface area contributed by atoms with E-state index in [1.165, 1.54) is 11.1 Å². The van der Waals surface area contributed by atoms with Gasteiger partial charge in [-0.2, -0.15) is 11.8 Å². The first-order chi connectivity index (χ1) is 10.1. The first-order valence-corrected chi connectivity index (χ1v) is 8.92. The average Bonchev–Trinajstić information content (AvgIpc) is 2.91. The molecule has 1 aromatic rings. The normalized spacial score (nSPS) is 21.4. The molecule has 0 saturated carbocycles. The van der Waals surface area contributed by atoms with Crippen LogP contribution in [0.2, 0.25) is 0 Å². The summed E-state index contributed by atoms with van der Waals surface area (Å²) in [4.78, 5) is 12.1. The van der Waals surface area contributed by atoms with E-state index in [2.05, 4.69) is 41.8 Å². The highest BCUT2D eigenvalue weighted by atomic mass is 32.2. The fourth-order valence-electron chi connectivity index (χ4n) is 2.65. The fourth-order valence-corrected chi connectivity index (χ4v) is 3.56. The Bertz CT molecular complexity index is 470. The molecule has 0 unspecified atom stereocenters. The van der Waals surface area contributed by atoms with Crippen molar-refractivity contribution in [1.29, 1.82) is 0 Å². The minimum absolute atomic E-state index is 0.156. The molecule has 3 nitrogen and oxygen atoms in total. The van der Waals surface area contributed by atoms with E-state index in [1.54, 1.807) is 0 Å². The third kappa shape index (κ3) is 5.04. The molecule has 4 heteroatoms. The van der Waals surface area contributed by atoms with Crippen LogP contribution >= 0.6 is 11.8 Å². The molecule has 1 aliphatic heterocycles. The lowest BCUT2D eigenvalue weighted by Gasteiger charge is -2.22. The van der Waals surface area contributed by atoms with Crippen LogP contribution in [0.5, 0.6) is 0 Å². The predicted octanol–water partition coefficient (Wildman–Crippen LogP) is 2.88. The number of carbonyl (C=O) groups is 1. The number of aryl methyl sites for hydroxylation is 1. The highest BCUT2D eigenvalue weighted by Crippen LogP contribution is 2.18. The Hall–Kier alpha value is -1.00. The molecule has 116 valence electrons. The third-order valence-corrected chi connectivity index (χ3v) is 5.09. The molecule has 1 heterocycles. The van der Waals surface area contributed by atoms with E-state index in [4.69, 9.17) is 0 Å². The summed E-state index contributed by atoms with van der Waals surface area (Å²) in [5.74, 6) is 2.29. The molecule has 1 amide bonds. The second-order valence-corrected chi connectivity index (χ2v) is 7.12. The van der Waals surface area contributed by atoms with E-state index in [0.717, 1.165) is 43.9 Å². The fraction of sp³-hybridized carbons (Fsp3) is 0.588. The average molecular weight is 306 g/mol. The number of benzene rings is 1. The van der Waals surface area contributed by atoms with Gasteiger partial charge in [0.05, 0.1) is 5.54 Å².